The number of aromatic nitrogens is 2. The van der Waals surface area contributed by atoms with Gasteiger partial charge in [-0.15, -0.1) is 0 Å². The van der Waals surface area contributed by atoms with E-state index in [1.807, 2.05) is 31.4 Å². The summed E-state index contributed by atoms with van der Waals surface area (Å²) in [5, 5.41) is 18.8. The summed E-state index contributed by atoms with van der Waals surface area (Å²) in [6.07, 6.45) is 3.01. The van der Waals surface area contributed by atoms with Crippen LogP contribution in [0.3, 0.4) is 0 Å². The van der Waals surface area contributed by atoms with Crippen molar-refractivity contribution < 1.29 is 4.92 Å². The minimum absolute atomic E-state index is 0.0851. The first-order chi connectivity index (χ1) is 13.5. The predicted molar refractivity (Wildman–Crippen MR) is 111 cm³/mol. The van der Waals surface area contributed by atoms with Crippen LogP contribution in [0.25, 0.3) is 11.3 Å². The molecule has 0 saturated carbocycles. The zero-order chi connectivity index (χ0) is 19.9. The fourth-order valence-corrected chi connectivity index (χ4v) is 3.13. The SMILES string of the molecule is CN(CCCNCc1cn(C)nc1-c1ccc([N+](=O)[O-])cc1)c1ccccc1. The van der Waals surface area contributed by atoms with Gasteiger partial charge in [0.25, 0.3) is 5.69 Å². The number of non-ortho nitro benzene ring substituents is 1. The summed E-state index contributed by atoms with van der Waals surface area (Å²) in [5.41, 5.74) is 4.11. The van der Waals surface area contributed by atoms with Gasteiger partial charge in [-0.25, -0.2) is 0 Å². The van der Waals surface area contributed by atoms with Gasteiger partial charge in [0.1, 0.15) is 0 Å². The molecular formula is C21H25N5O2. The smallest absolute Gasteiger partial charge is 0.269 e. The summed E-state index contributed by atoms with van der Waals surface area (Å²) in [6.45, 7) is 2.57. The Labute approximate surface area is 164 Å². The molecule has 7 nitrogen and oxygen atoms in total. The van der Waals surface area contributed by atoms with Gasteiger partial charge >= 0.3 is 0 Å². The number of nitrogens with one attached hydrogen (secondary N) is 1. The number of nitro groups is 1. The molecule has 0 atom stereocenters. The zero-order valence-electron chi connectivity index (χ0n) is 16.2. The van der Waals surface area contributed by atoms with Gasteiger partial charge in [-0.1, -0.05) is 18.2 Å². The van der Waals surface area contributed by atoms with Crippen molar-refractivity contribution in [3.8, 4) is 11.3 Å². The van der Waals surface area contributed by atoms with E-state index in [-0.39, 0.29) is 5.69 Å². The molecule has 1 heterocycles. The molecule has 1 N–H and O–H groups in total. The lowest BCUT2D eigenvalue weighted by Crippen LogP contribution is -2.23. The van der Waals surface area contributed by atoms with Crippen molar-refractivity contribution in [2.24, 2.45) is 7.05 Å². The zero-order valence-corrected chi connectivity index (χ0v) is 16.2. The Morgan fingerprint density at radius 1 is 1.14 bits per heavy atom. The highest BCUT2D eigenvalue weighted by Crippen LogP contribution is 2.24. The maximum atomic E-state index is 10.8. The second-order valence-electron chi connectivity index (χ2n) is 6.77. The normalized spacial score (nSPS) is 10.8. The van der Waals surface area contributed by atoms with Crippen LogP contribution in [0.1, 0.15) is 12.0 Å². The first kappa shape index (κ1) is 19.6. The third-order valence-corrected chi connectivity index (χ3v) is 4.62. The van der Waals surface area contributed by atoms with Gasteiger partial charge in [-0.2, -0.15) is 5.10 Å². The molecule has 3 aromatic rings. The van der Waals surface area contributed by atoms with E-state index in [2.05, 4.69) is 34.5 Å². The van der Waals surface area contributed by atoms with Crippen LogP contribution in [0.15, 0.2) is 60.8 Å². The van der Waals surface area contributed by atoms with Gasteiger partial charge in [-0.05, 0) is 37.2 Å². The van der Waals surface area contributed by atoms with Crippen molar-refractivity contribution in [3.05, 3.63) is 76.5 Å². The molecule has 28 heavy (non-hydrogen) atoms. The van der Waals surface area contributed by atoms with Crippen molar-refractivity contribution in [3.63, 3.8) is 0 Å². The number of hydrogen-bond donors (Lipinski definition) is 1. The highest BCUT2D eigenvalue weighted by Gasteiger charge is 2.12. The Balaban J connectivity index is 1.53. The number of hydrogen-bond acceptors (Lipinski definition) is 5. The van der Waals surface area contributed by atoms with Gasteiger partial charge < -0.3 is 10.2 Å². The van der Waals surface area contributed by atoms with Crippen LogP contribution in [0.5, 0.6) is 0 Å². The molecule has 0 bridgehead atoms. The van der Waals surface area contributed by atoms with Gasteiger partial charge in [-0.3, -0.25) is 14.8 Å². The van der Waals surface area contributed by atoms with E-state index in [1.54, 1.807) is 16.8 Å². The summed E-state index contributed by atoms with van der Waals surface area (Å²) in [7, 11) is 3.98. The predicted octanol–water partition coefficient (Wildman–Crippen LogP) is 3.61. The largest absolute Gasteiger partial charge is 0.375 e. The van der Waals surface area contributed by atoms with Crippen molar-refractivity contribution >= 4 is 11.4 Å². The van der Waals surface area contributed by atoms with E-state index < -0.39 is 4.92 Å². The van der Waals surface area contributed by atoms with Crippen LogP contribution < -0.4 is 10.2 Å². The summed E-state index contributed by atoms with van der Waals surface area (Å²) < 4.78 is 1.77. The first-order valence-electron chi connectivity index (χ1n) is 9.29. The van der Waals surface area contributed by atoms with Crippen molar-refractivity contribution in [1.82, 2.24) is 15.1 Å². The molecule has 0 aliphatic carbocycles. The van der Waals surface area contributed by atoms with Crippen LogP contribution >= 0.6 is 0 Å². The molecule has 146 valence electrons. The molecule has 2 aromatic carbocycles. The molecule has 0 unspecified atom stereocenters. The maximum Gasteiger partial charge on any atom is 0.269 e. The number of rotatable bonds is 9. The van der Waals surface area contributed by atoms with E-state index in [9.17, 15) is 10.1 Å². The minimum atomic E-state index is -0.392. The number of nitrogens with zero attached hydrogens (tertiary/aromatic N) is 4. The molecule has 0 radical (unpaired) electrons. The Morgan fingerprint density at radius 3 is 2.54 bits per heavy atom. The molecule has 0 spiro atoms. The van der Waals surface area contributed by atoms with Crippen molar-refractivity contribution in [2.75, 3.05) is 25.0 Å². The van der Waals surface area contributed by atoms with E-state index in [1.165, 1.54) is 17.8 Å². The number of nitro benzene ring substituents is 1. The molecule has 7 heteroatoms. The lowest BCUT2D eigenvalue weighted by atomic mass is 10.1. The number of aryl methyl sites for hydroxylation is 1. The third kappa shape index (κ3) is 4.95. The van der Waals surface area contributed by atoms with Crippen LogP contribution in [0, 0.1) is 10.1 Å². The molecule has 0 fully saturated rings. The number of anilines is 1. The number of para-hydroxylation sites is 1. The van der Waals surface area contributed by atoms with Crippen LogP contribution in [0.2, 0.25) is 0 Å². The molecule has 0 aliphatic heterocycles. The topological polar surface area (TPSA) is 76.2 Å². The Bertz CT molecular complexity index is 906. The second-order valence-corrected chi connectivity index (χ2v) is 6.77. The third-order valence-electron chi connectivity index (χ3n) is 4.62. The quantitative estimate of drug-likeness (QED) is 0.349. The van der Waals surface area contributed by atoms with Crippen molar-refractivity contribution in [2.45, 2.75) is 13.0 Å². The summed E-state index contributed by atoms with van der Waals surface area (Å²) in [6, 6.07) is 16.9. The van der Waals surface area contributed by atoms with Crippen LogP contribution in [-0.2, 0) is 13.6 Å². The molecule has 0 amide bonds. The second kappa shape index (κ2) is 9.14. The number of benzene rings is 2. The molecule has 3 rings (SSSR count). The maximum absolute atomic E-state index is 10.8. The Kier molecular flexibility index (Phi) is 6.39. The van der Waals surface area contributed by atoms with Gasteiger partial charge in [0.15, 0.2) is 0 Å². The van der Waals surface area contributed by atoms with Crippen LogP contribution in [0.4, 0.5) is 11.4 Å². The van der Waals surface area contributed by atoms with Gasteiger partial charge in [0, 0.05) is 62.3 Å². The molecule has 0 saturated heterocycles. The molecule has 1 aromatic heterocycles. The summed E-state index contributed by atoms with van der Waals surface area (Å²) >= 11 is 0. The Hall–Kier alpha value is -3.19. The molecule has 0 aliphatic rings. The Morgan fingerprint density at radius 2 is 1.86 bits per heavy atom. The standard InChI is InChI=1S/C21H25N5O2/c1-24(19-7-4-3-5-8-19)14-6-13-22-15-18-16-25(2)23-21(18)17-9-11-20(12-10-17)26(27)28/h3-5,7-12,16,22H,6,13-15H2,1-2H3. The van der Waals surface area contributed by atoms with E-state index in [4.69, 9.17) is 0 Å². The van der Waals surface area contributed by atoms with Gasteiger partial charge in [0.2, 0.25) is 0 Å². The lowest BCUT2D eigenvalue weighted by molar-refractivity contribution is -0.384. The van der Waals surface area contributed by atoms with Crippen molar-refractivity contribution in [1.29, 1.82) is 0 Å². The average Bonchev–Trinajstić information content (AvgIpc) is 3.08. The monoisotopic (exact) mass is 379 g/mol. The first-order valence-corrected chi connectivity index (χ1v) is 9.29. The molecular weight excluding hydrogens is 354 g/mol. The summed E-state index contributed by atoms with van der Waals surface area (Å²) in [5.74, 6) is 0. The van der Waals surface area contributed by atoms with Crippen LogP contribution in [-0.4, -0.2) is 34.8 Å². The highest BCUT2D eigenvalue weighted by atomic mass is 16.6. The van der Waals surface area contributed by atoms with E-state index in [0.717, 1.165) is 36.3 Å². The highest BCUT2D eigenvalue weighted by molar-refractivity contribution is 5.64. The minimum Gasteiger partial charge on any atom is -0.375 e. The van der Waals surface area contributed by atoms with E-state index >= 15 is 0 Å². The van der Waals surface area contributed by atoms with Gasteiger partial charge in [0.05, 0.1) is 10.6 Å². The van der Waals surface area contributed by atoms with E-state index in [0.29, 0.717) is 6.54 Å². The fourth-order valence-electron chi connectivity index (χ4n) is 3.13. The fraction of sp³-hybridized carbons (Fsp3) is 0.286. The summed E-state index contributed by atoms with van der Waals surface area (Å²) in [4.78, 5) is 12.7. The average molecular weight is 379 g/mol. The lowest BCUT2D eigenvalue weighted by Gasteiger charge is -2.19.